The van der Waals surface area contributed by atoms with Crippen molar-refractivity contribution >= 4 is 11.4 Å². The Morgan fingerprint density at radius 1 is 1.14 bits per heavy atom. The van der Waals surface area contributed by atoms with Crippen LogP contribution >= 0.6 is 0 Å². The molecule has 0 unspecified atom stereocenters. The first-order chi connectivity index (χ1) is 6.86. The van der Waals surface area contributed by atoms with Crippen LogP contribution in [0.4, 0.5) is 0 Å². The number of hydrogen-bond acceptors (Lipinski definition) is 1. The van der Waals surface area contributed by atoms with Gasteiger partial charge in [0.2, 0.25) is 0 Å². The highest BCUT2D eigenvalue weighted by atomic mass is 16.1. The highest BCUT2D eigenvalue weighted by molar-refractivity contribution is 6.03. The Morgan fingerprint density at radius 2 is 2.07 bits per heavy atom. The highest BCUT2D eigenvalue weighted by Gasteiger charge is 2.23. The van der Waals surface area contributed by atoms with Crippen LogP contribution in [0.25, 0.3) is 5.57 Å². The SMILES string of the molecule is O=C1CCCC2=CCc3cccc1c32. The molecule has 3 rings (SSSR count). The van der Waals surface area contributed by atoms with Gasteiger partial charge < -0.3 is 0 Å². The number of carbonyl (C=O) groups excluding carboxylic acids is 1. The molecule has 70 valence electrons. The van der Waals surface area contributed by atoms with Crippen molar-refractivity contribution in [2.24, 2.45) is 0 Å². The van der Waals surface area contributed by atoms with E-state index in [1.165, 1.54) is 16.7 Å². The zero-order chi connectivity index (χ0) is 9.54. The topological polar surface area (TPSA) is 17.1 Å². The molecule has 0 amide bonds. The van der Waals surface area contributed by atoms with E-state index < -0.39 is 0 Å². The van der Waals surface area contributed by atoms with Crippen LogP contribution in [0.15, 0.2) is 24.3 Å². The molecule has 1 heteroatoms. The lowest BCUT2D eigenvalue weighted by molar-refractivity contribution is 0.0982. The third kappa shape index (κ3) is 0.985. The standard InChI is InChI=1S/C13H12O/c14-12-6-2-4-10-8-7-9-3-1-5-11(12)13(9)10/h1,3,5,8H,2,4,6-7H2. The third-order valence-corrected chi connectivity index (χ3v) is 3.19. The lowest BCUT2D eigenvalue weighted by Gasteiger charge is -2.06. The summed E-state index contributed by atoms with van der Waals surface area (Å²) in [6.45, 7) is 0. The summed E-state index contributed by atoms with van der Waals surface area (Å²) in [5.41, 5.74) is 4.97. The number of hydrogen-bond donors (Lipinski definition) is 0. The Morgan fingerprint density at radius 3 is 3.00 bits per heavy atom. The van der Waals surface area contributed by atoms with Crippen LogP contribution < -0.4 is 0 Å². The molecule has 0 radical (unpaired) electrons. The van der Waals surface area contributed by atoms with Gasteiger partial charge in [0, 0.05) is 12.0 Å². The zero-order valence-electron chi connectivity index (χ0n) is 8.05. The van der Waals surface area contributed by atoms with Gasteiger partial charge in [0.05, 0.1) is 0 Å². The molecular weight excluding hydrogens is 172 g/mol. The summed E-state index contributed by atoms with van der Waals surface area (Å²) in [5, 5.41) is 0. The second-order valence-electron chi connectivity index (χ2n) is 4.05. The molecule has 0 aromatic heterocycles. The third-order valence-electron chi connectivity index (χ3n) is 3.19. The average molecular weight is 184 g/mol. The molecule has 0 aliphatic heterocycles. The van der Waals surface area contributed by atoms with Crippen molar-refractivity contribution in [3.63, 3.8) is 0 Å². The van der Waals surface area contributed by atoms with Crippen molar-refractivity contribution in [3.8, 4) is 0 Å². The Balaban J connectivity index is 2.29. The maximum atomic E-state index is 11.8. The summed E-state index contributed by atoms with van der Waals surface area (Å²) < 4.78 is 0. The van der Waals surface area contributed by atoms with Crippen LogP contribution in [0.3, 0.4) is 0 Å². The summed E-state index contributed by atoms with van der Waals surface area (Å²) in [6, 6.07) is 6.13. The summed E-state index contributed by atoms with van der Waals surface area (Å²) in [7, 11) is 0. The van der Waals surface area contributed by atoms with Gasteiger partial charge in [-0.25, -0.2) is 0 Å². The first-order valence-corrected chi connectivity index (χ1v) is 5.21. The number of allylic oxidation sites excluding steroid dienone is 2. The number of Topliss-reactive ketones (excluding diaryl/α,β-unsaturated/α-hetero) is 1. The number of rotatable bonds is 0. The van der Waals surface area contributed by atoms with Crippen molar-refractivity contribution in [2.45, 2.75) is 25.7 Å². The molecule has 0 bridgehead atoms. The second-order valence-corrected chi connectivity index (χ2v) is 4.05. The Labute approximate surface area is 83.4 Å². The fraction of sp³-hybridized carbons (Fsp3) is 0.308. The minimum absolute atomic E-state index is 0.326. The van der Waals surface area contributed by atoms with Crippen LogP contribution in [0.1, 0.15) is 40.7 Å². The molecule has 14 heavy (non-hydrogen) atoms. The number of ketones is 1. The lowest BCUT2D eigenvalue weighted by atomic mass is 9.97. The summed E-state index contributed by atoms with van der Waals surface area (Å²) in [6.07, 6.45) is 6.11. The second kappa shape index (κ2) is 2.81. The van der Waals surface area contributed by atoms with Crippen molar-refractivity contribution in [1.82, 2.24) is 0 Å². The fourth-order valence-electron chi connectivity index (χ4n) is 2.52. The Bertz CT molecular complexity index is 441. The van der Waals surface area contributed by atoms with Crippen LogP contribution in [0.5, 0.6) is 0 Å². The van der Waals surface area contributed by atoms with Gasteiger partial charge in [0.15, 0.2) is 5.78 Å². The van der Waals surface area contributed by atoms with Crippen molar-refractivity contribution < 1.29 is 4.79 Å². The van der Waals surface area contributed by atoms with Gasteiger partial charge in [-0.1, -0.05) is 24.3 Å². The van der Waals surface area contributed by atoms with Crippen molar-refractivity contribution in [3.05, 3.63) is 41.0 Å². The first-order valence-electron chi connectivity index (χ1n) is 5.21. The maximum absolute atomic E-state index is 11.8. The van der Waals surface area contributed by atoms with Crippen LogP contribution in [-0.2, 0) is 6.42 Å². The number of carbonyl (C=O) groups is 1. The van der Waals surface area contributed by atoms with Gasteiger partial charge in [0.25, 0.3) is 0 Å². The lowest BCUT2D eigenvalue weighted by Crippen LogP contribution is -2.00. The molecule has 0 fully saturated rings. The highest BCUT2D eigenvalue weighted by Crippen LogP contribution is 2.36. The van der Waals surface area contributed by atoms with E-state index in [9.17, 15) is 4.79 Å². The van der Waals surface area contributed by atoms with E-state index in [1.54, 1.807) is 0 Å². The van der Waals surface area contributed by atoms with Crippen LogP contribution in [-0.4, -0.2) is 5.78 Å². The molecule has 0 N–H and O–H groups in total. The van der Waals surface area contributed by atoms with E-state index >= 15 is 0 Å². The summed E-state index contributed by atoms with van der Waals surface area (Å²) in [4.78, 5) is 11.8. The molecule has 0 saturated heterocycles. The van der Waals surface area contributed by atoms with Crippen molar-refractivity contribution in [2.75, 3.05) is 0 Å². The zero-order valence-corrected chi connectivity index (χ0v) is 8.05. The number of benzene rings is 1. The molecule has 2 aliphatic rings. The van der Waals surface area contributed by atoms with Gasteiger partial charge in [-0.3, -0.25) is 4.79 Å². The normalized spacial score (nSPS) is 18.9. The average Bonchev–Trinajstić information content (AvgIpc) is 2.53. The van der Waals surface area contributed by atoms with Gasteiger partial charge in [-0.05, 0) is 36.0 Å². The molecule has 1 aromatic carbocycles. The van der Waals surface area contributed by atoms with Gasteiger partial charge in [0.1, 0.15) is 0 Å². The molecule has 2 aliphatic carbocycles. The predicted octanol–water partition coefficient (Wildman–Crippen LogP) is 2.99. The Hall–Kier alpha value is -1.37. The largest absolute Gasteiger partial charge is 0.294 e. The minimum Gasteiger partial charge on any atom is -0.294 e. The van der Waals surface area contributed by atoms with E-state index in [0.29, 0.717) is 12.2 Å². The smallest absolute Gasteiger partial charge is 0.163 e. The van der Waals surface area contributed by atoms with E-state index in [0.717, 1.165) is 24.8 Å². The molecule has 0 saturated carbocycles. The monoisotopic (exact) mass is 184 g/mol. The van der Waals surface area contributed by atoms with E-state index in [4.69, 9.17) is 0 Å². The summed E-state index contributed by atoms with van der Waals surface area (Å²) in [5.74, 6) is 0.326. The van der Waals surface area contributed by atoms with Gasteiger partial charge >= 0.3 is 0 Å². The van der Waals surface area contributed by atoms with Crippen molar-refractivity contribution in [1.29, 1.82) is 0 Å². The first kappa shape index (κ1) is 7.98. The molecule has 1 aromatic rings. The maximum Gasteiger partial charge on any atom is 0.163 e. The fourth-order valence-corrected chi connectivity index (χ4v) is 2.52. The van der Waals surface area contributed by atoms with E-state index in [1.807, 2.05) is 12.1 Å². The molecule has 1 nitrogen and oxygen atoms in total. The van der Waals surface area contributed by atoms with E-state index in [2.05, 4.69) is 12.1 Å². The van der Waals surface area contributed by atoms with E-state index in [-0.39, 0.29) is 0 Å². The van der Waals surface area contributed by atoms with Gasteiger partial charge in [-0.15, -0.1) is 0 Å². The molecule has 0 heterocycles. The Kier molecular flexibility index (Phi) is 1.60. The molecular formula is C13H12O. The summed E-state index contributed by atoms with van der Waals surface area (Å²) >= 11 is 0. The minimum atomic E-state index is 0.326. The predicted molar refractivity (Wildman–Crippen MR) is 56.3 cm³/mol. The van der Waals surface area contributed by atoms with Crippen LogP contribution in [0, 0.1) is 0 Å². The quantitative estimate of drug-likeness (QED) is 0.605. The van der Waals surface area contributed by atoms with Crippen LogP contribution in [0.2, 0.25) is 0 Å². The molecule has 0 atom stereocenters. The van der Waals surface area contributed by atoms with Gasteiger partial charge in [-0.2, -0.15) is 0 Å². The molecule has 0 spiro atoms.